The highest BCUT2D eigenvalue weighted by atomic mass is 79.9. The van der Waals surface area contributed by atoms with E-state index in [9.17, 15) is 18.5 Å². The van der Waals surface area contributed by atoms with Crippen LogP contribution in [0.2, 0.25) is 5.02 Å². The summed E-state index contributed by atoms with van der Waals surface area (Å²) in [7, 11) is -4.02. The molecule has 0 bridgehead atoms. The van der Waals surface area contributed by atoms with Crippen LogP contribution in [0.15, 0.2) is 64.5 Å². The van der Waals surface area contributed by atoms with Crippen molar-refractivity contribution in [3.8, 4) is 0 Å². The van der Waals surface area contributed by atoms with E-state index in [0.29, 0.717) is 15.2 Å². The van der Waals surface area contributed by atoms with Gasteiger partial charge < -0.3 is 0 Å². The number of nitro groups is 1. The third-order valence-corrected chi connectivity index (χ3v) is 6.12. The van der Waals surface area contributed by atoms with Crippen LogP contribution in [0, 0.1) is 10.1 Å². The number of benzene rings is 2. The van der Waals surface area contributed by atoms with Gasteiger partial charge in [-0.05, 0) is 40.2 Å². The van der Waals surface area contributed by atoms with Crippen molar-refractivity contribution < 1.29 is 13.3 Å². The summed E-state index contributed by atoms with van der Waals surface area (Å²) >= 11 is 9.28. The van der Waals surface area contributed by atoms with Gasteiger partial charge >= 0.3 is 0 Å². The fraction of sp³-hybridized carbons (Fsp3) is 0.0667. The standard InChI is InChI=1S/C15H12BrClN2O4S/c1-2-8-18(11-6-7-14(16)15(17)10-11)24(22,23)13-5-3-4-12(9-13)19(20)21/h2-7,9-10H,1,8H2. The predicted octanol–water partition coefficient (Wildman–Crippen LogP) is 4.39. The fourth-order valence-electron chi connectivity index (χ4n) is 1.98. The molecule has 6 nitrogen and oxygen atoms in total. The summed E-state index contributed by atoms with van der Waals surface area (Å²) < 4.78 is 27.5. The lowest BCUT2D eigenvalue weighted by atomic mass is 10.3. The van der Waals surface area contributed by atoms with Gasteiger partial charge in [0.05, 0.1) is 27.1 Å². The average Bonchev–Trinajstić information content (AvgIpc) is 2.55. The molecule has 0 amide bonds. The zero-order chi connectivity index (χ0) is 17.9. The van der Waals surface area contributed by atoms with Crippen molar-refractivity contribution in [3.05, 3.63) is 74.7 Å². The summed E-state index contributed by atoms with van der Waals surface area (Å²) in [6, 6.07) is 9.57. The van der Waals surface area contributed by atoms with Gasteiger partial charge in [0.25, 0.3) is 15.7 Å². The van der Waals surface area contributed by atoms with Crippen LogP contribution in [-0.2, 0) is 10.0 Å². The summed E-state index contributed by atoms with van der Waals surface area (Å²) in [6.45, 7) is 3.55. The number of non-ortho nitro benzene ring substituents is 1. The maximum atomic E-state index is 12.9. The van der Waals surface area contributed by atoms with Crippen LogP contribution in [0.5, 0.6) is 0 Å². The highest BCUT2D eigenvalue weighted by molar-refractivity contribution is 9.10. The van der Waals surface area contributed by atoms with Gasteiger partial charge in [-0.1, -0.05) is 23.7 Å². The van der Waals surface area contributed by atoms with Crippen molar-refractivity contribution >= 4 is 48.9 Å². The third kappa shape index (κ3) is 3.77. The van der Waals surface area contributed by atoms with Crippen LogP contribution in [0.1, 0.15) is 0 Å². The first-order valence-corrected chi connectivity index (χ1v) is 9.21. The molecule has 126 valence electrons. The molecule has 0 saturated carbocycles. The first-order chi connectivity index (χ1) is 11.3. The molecule has 0 unspecified atom stereocenters. The van der Waals surface area contributed by atoms with Gasteiger partial charge in [0.15, 0.2) is 0 Å². The van der Waals surface area contributed by atoms with E-state index in [1.807, 2.05) is 0 Å². The van der Waals surface area contributed by atoms with Crippen molar-refractivity contribution in [2.24, 2.45) is 0 Å². The minimum absolute atomic E-state index is 0.0109. The molecule has 0 atom stereocenters. The quantitative estimate of drug-likeness (QED) is 0.386. The summed E-state index contributed by atoms with van der Waals surface area (Å²) in [4.78, 5) is 10.1. The summed E-state index contributed by atoms with van der Waals surface area (Å²) in [5, 5.41) is 11.2. The van der Waals surface area contributed by atoms with E-state index in [2.05, 4.69) is 22.5 Å². The Bertz CT molecular complexity index is 902. The van der Waals surface area contributed by atoms with Gasteiger partial charge in [0.1, 0.15) is 0 Å². The van der Waals surface area contributed by atoms with E-state index >= 15 is 0 Å². The second-order valence-corrected chi connectivity index (χ2v) is 7.80. The Kier molecular flexibility index (Phi) is 5.63. The van der Waals surface area contributed by atoms with Crippen molar-refractivity contribution in [2.45, 2.75) is 4.90 Å². The number of nitrogens with zero attached hydrogens (tertiary/aromatic N) is 2. The topological polar surface area (TPSA) is 80.5 Å². The van der Waals surface area contributed by atoms with Crippen LogP contribution in [0.4, 0.5) is 11.4 Å². The lowest BCUT2D eigenvalue weighted by Crippen LogP contribution is -2.31. The fourth-order valence-corrected chi connectivity index (χ4v) is 3.87. The molecule has 0 saturated heterocycles. The molecule has 2 aromatic carbocycles. The van der Waals surface area contributed by atoms with Crippen LogP contribution in [0.25, 0.3) is 0 Å². The molecule has 0 heterocycles. The molecular weight excluding hydrogens is 420 g/mol. The highest BCUT2D eigenvalue weighted by Crippen LogP contribution is 2.31. The number of sulfonamides is 1. The first-order valence-electron chi connectivity index (χ1n) is 6.60. The molecule has 0 radical (unpaired) electrons. The maximum Gasteiger partial charge on any atom is 0.270 e. The Labute approximate surface area is 152 Å². The van der Waals surface area contributed by atoms with E-state index in [1.54, 1.807) is 12.1 Å². The van der Waals surface area contributed by atoms with Crippen molar-refractivity contribution in [3.63, 3.8) is 0 Å². The third-order valence-electron chi connectivity index (χ3n) is 3.10. The average molecular weight is 432 g/mol. The first kappa shape index (κ1) is 18.4. The molecule has 0 spiro atoms. The highest BCUT2D eigenvalue weighted by Gasteiger charge is 2.26. The van der Waals surface area contributed by atoms with Gasteiger partial charge in [-0.15, -0.1) is 6.58 Å². The largest absolute Gasteiger partial charge is 0.270 e. The molecule has 0 aliphatic rings. The zero-order valence-corrected chi connectivity index (χ0v) is 15.4. The Morgan fingerprint density at radius 3 is 2.58 bits per heavy atom. The molecule has 0 fully saturated rings. The summed E-state index contributed by atoms with van der Waals surface area (Å²) in [5.74, 6) is 0. The molecule has 2 aromatic rings. The second-order valence-electron chi connectivity index (χ2n) is 4.68. The Morgan fingerprint density at radius 2 is 2.00 bits per heavy atom. The second kappa shape index (κ2) is 7.33. The lowest BCUT2D eigenvalue weighted by molar-refractivity contribution is -0.385. The van der Waals surface area contributed by atoms with Crippen molar-refractivity contribution in [2.75, 3.05) is 10.8 Å². The van der Waals surface area contributed by atoms with Crippen LogP contribution in [-0.4, -0.2) is 19.9 Å². The molecule has 2 rings (SSSR count). The van der Waals surface area contributed by atoms with Gasteiger partial charge in [-0.25, -0.2) is 8.42 Å². The molecule has 0 aromatic heterocycles. The minimum Gasteiger partial charge on any atom is -0.262 e. The van der Waals surface area contributed by atoms with Crippen molar-refractivity contribution in [1.29, 1.82) is 0 Å². The number of rotatable bonds is 6. The number of anilines is 1. The SMILES string of the molecule is C=CCN(c1ccc(Br)c(Cl)c1)S(=O)(=O)c1cccc([N+](=O)[O-])c1. The van der Waals surface area contributed by atoms with Gasteiger partial charge in [-0.3, -0.25) is 14.4 Å². The van der Waals surface area contributed by atoms with E-state index in [4.69, 9.17) is 11.6 Å². The summed E-state index contributed by atoms with van der Waals surface area (Å²) in [6.07, 6.45) is 1.42. The summed E-state index contributed by atoms with van der Waals surface area (Å²) in [5.41, 5.74) is 0.0260. The van der Waals surface area contributed by atoms with Gasteiger partial charge in [-0.2, -0.15) is 0 Å². The smallest absolute Gasteiger partial charge is 0.262 e. The van der Waals surface area contributed by atoms with Crippen LogP contribution < -0.4 is 4.31 Å². The number of hydrogen-bond donors (Lipinski definition) is 0. The molecule has 24 heavy (non-hydrogen) atoms. The van der Waals surface area contributed by atoms with E-state index in [-0.39, 0.29) is 17.1 Å². The Morgan fingerprint density at radius 1 is 1.29 bits per heavy atom. The minimum atomic E-state index is -4.02. The molecule has 0 aliphatic carbocycles. The number of hydrogen-bond acceptors (Lipinski definition) is 4. The van der Waals surface area contributed by atoms with E-state index in [1.165, 1.54) is 30.3 Å². The normalized spacial score (nSPS) is 11.1. The zero-order valence-electron chi connectivity index (χ0n) is 12.2. The molecular formula is C15H12BrClN2O4S. The monoisotopic (exact) mass is 430 g/mol. The Balaban J connectivity index is 2.56. The lowest BCUT2D eigenvalue weighted by Gasteiger charge is -2.23. The number of halogens is 2. The predicted molar refractivity (Wildman–Crippen MR) is 97.0 cm³/mol. The van der Waals surface area contributed by atoms with E-state index < -0.39 is 14.9 Å². The molecule has 0 aliphatic heterocycles. The number of nitro benzene ring substituents is 1. The maximum absolute atomic E-state index is 12.9. The van der Waals surface area contributed by atoms with Gasteiger partial charge in [0.2, 0.25) is 0 Å². The Hall–Kier alpha value is -1.90. The molecule has 9 heteroatoms. The van der Waals surface area contributed by atoms with E-state index in [0.717, 1.165) is 10.4 Å². The van der Waals surface area contributed by atoms with Gasteiger partial charge in [0, 0.05) is 16.6 Å². The molecule has 0 N–H and O–H groups in total. The van der Waals surface area contributed by atoms with Crippen LogP contribution >= 0.6 is 27.5 Å². The van der Waals surface area contributed by atoms with Crippen LogP contribution in [0.3, 0.4) is 0 Å². The van der Waals surface area contributed by atoms with Crippen molar-refractivity contribution in [1.82, 2.24) is 0 Å².